The van der Waals surface area contributed by atoms with Crippen LogP contribution in [0.2, 0.25) is 0 Å². The molecule has 0 fully saturated rings. The number of aromatic amines is 2. The van der Waals surface area contributed by atoms with Gasteiger partial charge in [-0.25, -0.2) is 9.18 Å². The molecule has 2 heterocycles. The summed E-state index contributed by atoms with van der Waals surface area (Å²) in [6, 6.07) is 7.33. The fraction of sp³-hybridized carbons (Fsp3) is 0.294. The number of hydrogen-bond donors (Lipinski definition) is 2. The van der Waals surface area contributed by atoms with Crippen LogP contribution in [0, 0.1) is 5.82 Å². The van der Waals surface area contributed by atoms with Crippen molar-refractivity contribution in [2.75, 3.05) is 0 Å². The third-order valence-electron chi connectivity index (χ3n) is 3.83. The number of hydrogen-bond acceptors (Lipinski definition) is 5. The molecule has 2 aromatic heterocycles. The van der Waals surface area contributed by atoms with Gasteiger partial charge in [-0.2, -0.15) is 0 Å². The normalized spacial score (nSPS) is 12.3. The number of aromatic nitrogens is 5. The lowest BCUT2D eigenvalue weighted by Crippen LogP contribution is -2.23. The largest absolute Gasteiger partial charge is 0.325 e. The number of thioether (sulfide) groups is 1. The van der Waals surface area contributed by atoms with Gasteiger partial charge in [-0.1, -0.05) is 25.6 Å². The Kier molecular flexibility index (Phi) is 5.36. The quantitative estimate of drug-likeness (QED) is 0.644. The van der Waals surface area contributed by atoms with Crippen LogP contribution in [-0.4, -0.2) is 30.0 Å². The van der Waals surface area contributed by atoms with E-state index in [1.54, 1.807) is 23.9 Å². The zero-order chi connectivity index (χ0) is 18.7. The molecular formula is C17H18FN5O2S. The number of H-pyrrole nitrogens is 2. The van der Waals surface area contributed by atoms with E-state index in [9.17, 15) is 14.0 Å². The van der Waals surface area contributed by atoms with Crippen LogP contribution >= 0.6 is 11.8 Å². The van der Waals surface area contributed by atoms with Crippen LogP contribution in [0.3, 0.4) is 0 Å². The molecule has 1 atom stereocenters. The topological polar surface area (TPSA) is 96.4 Å². The Labute approximate surface area is 152 Å². The van der Waals surface area contributed by atoms with Gasteiger partial charge in [0.2, 0.25) is 0 Å². The Hall–Kier alpha value is -2.68. The monoisotopic (exact) mass is 375 g/mol. The van der Waals surface area contributed by atoms with Crippen molar-refractivity contribution in [2.45, 2.75) is 37.1 Å². The molecule has 7 nitrogen and oxygen atoms in total. The van der Waals surface area contributed by atoms with Crippen LogP contribution < -0.4 is 11.2 Å². The lowest BCUT2D eigenvalue weighted by atomic mass is 10.2. The molecule has 3 aromatic rings. The van der Waals surface area contributed by atoms with E-state index in [1.807, 2.05) is 4.57 Å². The molecule has 2 N–H and O–H groups in total. The van der Waals surface area contributed by atoms with E-state index < -0.39 is 11.2 Å². The third-order valence-corrected chi connectivity index (χ3v) is 5.04. The highest BCUT2D eigenvalue weighted by molar-refractivity contribution is 7.99. The van der Waals surface area contributed by atoms with Crippen molar-refractivity contribution in [3.05, 3.63) is 68.5 Å². The van der Waals surface area contributed by atoms with Gasteiger partial charge in [0.15, 0.2) is 5.16 Å². The smallest absolute Gasteiger partial charge is 0.311 e. The van der Waals surface area contributed by atoms with E-state index in [2.05, 4.69) is 34.0 Å². The molecule has 1 aromatic carbocycles. The van der Waals surface area contributed by atoms with Crippen molar-refractivity contribution in [2.24, 2.45) is 0 Å². The van der Waals surface area contributed by atoms with Crippen molar-refractivity contribution in [3.8, 4) is 5.69 Å². The highest BCUT2D eigenvalue weighted by Crippen LogP contribution is 2.27. The van der Waals surface area contributed by atoms with Gasteiger partial charge in [-0.15, -0.1) is 10.2 Å². The summed E-state index contributed by atoms with van der Waals surface area (Å²) in [6.07, 6.45) is 1.17. The first kappa shape index (κ1) is 18.1. The van der Waals surface area contributed by atoms with E-state index in [0.717, 1.165) is 6.42 Å². The molecule has 3 rings (SSSR count). The average molecular weight is 375 g/mol. The van der Waals surface area contributed by atoms with Crippen molar-refractivity contribution < 1.29 is 4.39 Å². The molecule has 0 saturated heterocycles. The molecule has 0 aliphatic heterocycles. The maximum Gasteiger partial charge on any atom is 0.325 e. The Balaban J connectivity index is 2.05. The molecule has 0 amide bonds. The predicted octanol–water partition coefficient (Wildman–Crippen LogP) is 2.26. The SMILES string of the molecule is CC[C@H](C)Sc1nnc(Cc2cc(=O)[nH]c(=O)[nH]2)n1-c1ccc(F)cc1. The molecule has 0 radical (unpaired) electrons. The van der Waals surface area contributed by atoms with Crippen LogP contribution in [0.25, 0.3) is 5.69 Å². The lowest BCUT2D eigenvalue weighted by molar-refractivity contribution is 0.627. The number of nitrogens with one attached hydrogen (secondary N) is 2. The summed E-state index contributed by atoms with van der Waals surface area (Å²) in [6.45, 7) is 4.17. The molecule has 26 heavy (non-hydrogen) atoms. The van der Waals surface area contributed by atoms with E-state index in [4.69, 9.17) is 0 Å². The molecule has 0 spiro atoms. The van der Waals surface area contributed by atoms with E-state index in [1.165, 1.54) is 18.2 Å². The minimum atomic E-state index is -0.574. The molecule has 0 bridgehead atoms. The highest BCUT2D eigenvalue weighted by atomic mass is 32.2. The molecule has 0 unspecified atom stereocenters. The summed E-state index contributed by atoms with van der Waals surface area (Å²) in [7, 11) is 0. The Morgan fingerprint density at radius 2 is 1.92 bits per heavy atom. The van der Waals surface area contributed by atoms with E-state index in [-0.39, 0.29) is 12.2 Å². The van der Waals surface area contributed by atoms with E-state index >= 15 is 0 Å². The number of benzene rings is 1. The van der Waals surface area contributed by atoms with Crippen molar-refractivity contribution in [3.63, 3.8) is 0 Å². The molecule has 0 saturated carbocycles. The second-order valence-corrected chi connectivity index (χ2v) is 7.24. The van der Waals surface area contributed by atoms with Gasteiger partial charge >= 0.3 is 5.69 Å². The molecular weight excluding hydrogens is 357 g/mol. The predicted molar refractivity (Wildman–Crippen MR) is 97.4 cm³/mol. The summed E-state index contributed by atoms with van der Waals surface area (Å²) in [4.78, 5) is 27.7. The van der Waals surface area contributed by atoms with Crippen LogP contribution in [0.4, 0.5) is 4.39 Å². The van der Waals surface area contributed by atoms with Gasteiger partial charge in [0, 0.05) is 29.1 Å². The average Bonchev–Trinajstić information content (AvgIpc) is 2.96. The second-order valence-electron chi connectivity index (χ2n) is 5.84. The van der Waals surface area contributed by atoms with Crippen molar-refractivity contribution in [1.29, 1.82) is 0 Å². The first-order chi connectivity index (χ1) is 12.5. The van der Waals surface area contributed by atoms with Gasteiger partial charge in [0.05, 0.1) is 0 Å². The van der Waals surface area contributed by atoms with Crippen molar-refractivity contribution in [1.82, 2.24) is 24.7 Å². The molecule has 0 aliphatic carbocycles. The highest BCUT2D eigenvalue weighted by Gasteiger charge is 2.17. The summed E-state index contributed by atoms with van der Waals surface area (Å²) in [5.74, 6) is 0.210. The summed E-state index contributed by atoms with van der Waals surface area (Å²) < 4.78 is 15.1. The van der Waals surface area contributed by atoms with Crippen LogP contribution in [0.15, 0.2) is 45.1 Å². The molecule has 0 aliphatic rings. The minimum absolute atomic E-state index is 0.213. The Morgan fingerprint density at radius 1 is 1.19 bits per heavy atom. The van der Waals surface area contributed by atoms with Gasteiger partial charge in [0.1, 0.15) is 11.6 Å². The van der Waals surface area contributed by atoms with Crippen molar-refractivity contribution >= 4 is 11.8 Å². The third kappa shape index (κ3) is 4.10. The number of halogens is 1. The maximum atomic E-state index is 13.3. The Bertz CT molecular complexity index is 981. The Morgan fingerprint density at radius 3 is 2.58 bits per heavy atom. The van der Waals surface area contributed by atoms with Gasteiger partial charge in [0.25, 0.3) is 5.56 Å². The standard InChI is InChI=1S/C17H18FN5O2S/c1-3-10(2)26-17-22-21-14(8-12-9-15(24)20-16(25)19-12)23(17)13-6-4-11(18)5-7-13/h4-7,9-10H,3,8H2,1-2H3,(H2,19,20,24,25)/t10-/m0/s1. The van der Waals surface area contributed by atoms with Gasteiger partial charge in [-0.3, -0.25) is 14.3 Å². The first-order valence-corrected chi connectivity index (χ1v) is 9.03. The van der Waals surface area contributed by atoms with Crippen LogP contribution in [0.5, 0.6) is 0 Å². The van der Waals surface area contributed by atoms with Crippen LogP contribution in [-0.2, 0) is 6.42 Å². The number of rotatable bonds is 6. The maximum absolute atomic E-state index is 13.3. The first-order valence-electron chi connectivity index (χ1n) is 8.15. The molecule has 136 valence electrons. The fourth-order valence-corrected chi connectivity index (χ4v) is 3.32. The number of nitrogens with zero attached hydrogens (tertiary/aromatic N) is 3. The second kappa shape index (κ2) is 7.69. The summed E-state index contributed by atoms with van der Waals surface area (Å²) in [5.41, 5.74) is 0.0827. The van der Waals surface area contributed by atoms with E-state index in [0.29, 0.717) is 27.6 Å². The zero-order valence-electron chi connectivity index (χ0n) is 14.3. The minimum Gasteiger partial charge on any atom is -0.311 e. The van der Waals surface area contributed by atoms with Gasteiger partial charge in [-0.05, 0) is 30.7 Å². The molecule has 9 heteroatoms. The zero-order valence-corrected chi connectivity index (χ0v) is 15.1. The summed E-state index contributed by atoms with van der Waals surface area (Å²) >= 11 is 1.56. The van der Waals surface area contributed by atoms with Gasteiger partial charge < -0.3 is 4.98 Å². The van der Waals surface area contributed by atoms with Crippen LogP contribution in [0.1, 0.15) is 31.8 Å². The summed E-state index contributed by atoms with van der Waals surface area (Å²) in [5, 5.41) is 9.47. The fourth-order valence-electron chi connectivity index (χ4n) is 2.39. The lowest BCUT2D eigenvalue weighted by Gasteiger charge is -2.12.